The van der Waals surface area contributed by atoms with Gasteiger partial charge in [0.2, 0.25) is 11.8 Å². The van der Waals surface area contributed by atoms with Crippen molar-refractivity contribution in [2.45, 2.75) is 64.1 Å². The Bertz CT molecular complexity index is 1490. The molecule has 0 saturated carbocycles. The molecule has 0 aliphatic rings. The molecule has 7 nitrogen and oxygen atoms in total. The second kappa shape index (κ2) is 13.5. The van der Waals surface area contributed by atoms with E-state index in [1.54, 1.807) is 49.4 Å². The summed E-state index contributed by atoms with van der Waals surface area (Å²) in [5.41, 5.74) is 1.23. The second-order valence-corrected chi connectivity index (χ2v) is 13.8. The minimum absolute atomic E-state index is 0.00479. The van der Waals surface area contributed by atoms with Crippen molar-refractivity contribution in [1.29, 1.82) is 0 Å². The van der Waals surface area contributed by atoms with Gasteiger partial charge in [-0.2, -0.15) is 0 Å². The van der Waals surface area contributed by atoms with Crippen LogP contribution in [0.5, 0.6) is 0 Å². The molecular formula is C30H34Cl3N3O4S. The van der Waals surface area contributed by atoms with Crippen molar-refractivity contribution in [3.8, 4) is 0 Å². The topological polar surface area (TPSA) is 86.8 Å². The van der Waals surface area contributed by atoms with Crippen LogP contribution in [0.15, 0.2) is 71.6 Å². The Morgan fingerprint density at radius 1 is 0.902 bits per heavy atom. The van der Waals surface area contributed by atoms with E-state index < -0.39 is 34.1 Å². The van der Waals surface area contributed by atoms with E-state index in [4.69, 9.17) is 34.8 Å². The summed E-state index contributed by atoms with van der Waals surface area (Å²) >= 11 is 18.4. The van der Waals surface area contributed by atoms with Crippen molar-refractivity contribution in [3.05, 3.63) is 92.9 Å². The largest absolute Gasteiger partial charge is 0.350 e. The molecule has 0 heterocycles. The molecule has 3 aromatic carbocycles. The highest BCUT2D eigenvalue weighted by atomic mass is 35.5. The first-order valence-corrected chi connectivity index (χ1v) is 15.6. The molecule has 0 fully saturated rings. The highest BCUT2D eigenvalue weighted by molar-refractivity contribution is 7.92. The van der Waals surface area contributed by atoms with Gasteiger partial charge in [0.25, 0.3) is 10.0 Å². The Labute approximate surface area is 257 Å². The minimum Gasteiger partial charge on any atom is -0.350 e. The monoisotopic (exact) mass is 637 g/mol. The maximum absolute atomic E-state index is 14.1. The number of halogens is 3. The van der Waals surface area contributed by atoms with Crippen LogP contribution in [0.3, 0.4) is 0 Å². The van der Waals surface area contributed by atoms with Crippen LogP contribution in [0, 0.1) is 6.92 Å². The van der Waals surface area contributed by atoms with Gasteiger partial charge in [0.15, 0.2) is 0 Å². The van der Waals surface area contributed by atoms with Crippen LogP contribution >= 0.6 is 34.8 Å². The van der Waals surface area contributed by atoms with E-state index in [9.17, 15) is 18.0 Å². The van der Waals surface area contributed by atoms with Crippen molar-refractivity contribution in [3.63, 3.8) is 0 Å². The lowest BCUT2D eigenvalue weighted by molar-refractivity contribution is -0.141. The number of aryl methyl sites for hydroxylation is 1. The minimum atomic E-state index is -4.18. The van der Waals surface area contributed by atoms with Crippen LogP contribution in [-0.4, -0.2) is 43.3 Å². The predicted molar refractivity (Wildman–Crippen MR) is 166 cm³/mol. The molecule has 0 unspecified atom stereocenters. The molecule has 0 aliphatic carbocycles. The van der Waals surface area contributed by atoms with E-state index in [1.807, 2.05) is 27.7 Å². The Balaban J connectivity index is 2.08. The molecule has 0 saturated heterocycles. The van der Waals surface area contributed by atoms with Gasteiger partial charge in [0.1, 0.15) is 12.6 Å². The molecular weight excluding hydrogens is 605 g/mol. The van der Waals surface area contributed by atoms with E-state index in [-0.39, 0.29) is 23.0 Å². The van der Waals surface area contributed by atoms with Gasteiger partial charge in [-0.15, -0.1) is 0 Å². The summed E-state index contributed by atoms with van der Waals surface area (Å²) in [4.78, 5) is 28.9. The van der Waals surface area contributed by atoms with Crippen LogP contribution < -0.4 is 9.62 Å². The summed E-state index contributed by atoms with van der Waals surface area (Å²) in [6.45, 7) is 8.63. The number of hydrogen-bond acceptors (Lipinski definition) is 4. The SMILES string of the molecule is CC[C@H](C(=O)NC(C)(C)C)N(Cc1ccc(Cl)c(Cl)c1)C(=O)CN(c1ccc(Cl)cc1)S(=O)(=O)c1ccc(C)cc1. The normalized spacial score (nSPS) is 12.5. The van der Waals surface area contributed by atoms with Crippen LogP contribution in [0.25, 0.3) is 0 Å². The third-order valence-corrected chi connectivity index (χ3v) is 9.00. The van der Waals surface area contributed by atoms with Gasteiger partial charge in [-0.25, -0.2) is 8.42 Å². The Kier molecular flexibility index (Phi) is 10.7. The fourth-order valence-corrected chi connectivity index (χ4v) is 6.04. The number of benzene rings is 3. The average molecular weight is 639 g/mol. The maximum atomic E-state index is 14.1. The fourth-order valence-electron chi connectivity index (χ4n) is 4.18. The first-order valence-electron chi connectivity index (χ1n) is 13.0. The fraction of sp³-hybridized carbons (Fsp3) is 0.333. The summed E-state index contributed by atoms with van der Waals surface area (Å²) in [6, 6.07) is 16.6. The number of nitrogens with one attached hydrogen (secondary N) is 1. The van der Waals surface area contributed by atoms with E-state index in [0.717, 1.165) is 9.87 Å². The zero-order chi connectivity index (χ0) is 30.5. The summed E-state index contributed by atoms with van der Waals surface area (Å²) < 4.78 is 28.8. The van der Waals surface area contributed by atoms with Crippen molar-refractivity contribution < 1.29 is 18.0 Å². The number of hydrogen-bond donors (Lipinski definition) is 1. The van der Waals surface area contributed by atoms with E-state index in [1.165, 1.54) is 29.2 Å². The lowest BCUT2D eigenvalue weighted by atomic mass is 10.1. The third-order valence-electron chi connectivity index (χ3n) is 6.22. The smallest absolute Gasteiger partial charge is 0.264 e. The molecule has 0 radical (unpaired) electrons. The molecule has 11 heteroatoms. The van der Waals surface area contributed by atoms with Crippen LogP contribution in [-0.2, 0) is 26.2 Å². The van der Waals surface area contributed by atoms with Crippen molar-refractivity contribution in [1.82, 2.24) is 10.2 Å². The van der Waals surface area contributed by atoms with Crippen LogP contribution in [0.4, 0.5) is 5.69 Å². The van der Waals surface area contributed by atoms with Gasteiger partial charge < -0.3 is 10.2 Å². The van der Waals surface area contributed by atoms with Gasteiger partial charge in [-0.1, -0.05) is 65.5 Å². The van der Waals surface area contributed by atoms with Crippen molar-refractivity contribution >= 4 is 62.3 Å². The number of rotatable bonds is 10. The zero-order valence-electron chi connectivity index (χ0n) is 23.6. The van der Waals surface area contributed by atoms with Crippen LogP contribution in [0.1, 0.15) is 45.2 Å². The number of carbonyl (C=O) groups excluding carboxylic acids is 2. The molecule has 220 valence electrons. The summed E-state index contributed by atoms with van der Waals surface area (Å²) in [5, 5.41) is 4.00. The highest BCUT2D eigenvalue weighted by Crippen LogP contribution is 2.28. The van der Waals surface area contributed by atoms with Crippen LogP contribution in [0.2, 0.25) is 15.1 Å². The number of nitrogens with zero attached hydrogens (tertiary/aromatic N) is 2. The van der Waals surface area contributed by atoms with Gasteiger partial charge in [-0.05, 0) is 88.2 Å². The van der Waals surface area contributed by atoms with Crippen molar-refractivity contribution in [2.24, 2.45) is 0 Å². The lowest BCUT2D eigenvalue weighted by Crippen LogP contribution is -2.55. The highest BCUT2D eigenvalue weighted by Gasteiger charge is 2.34. The summed E-state index contributed by atoms with van der Waals surface area (Å²) in [7, 11) is -4.18. The van der Waals surface area contributed by atoms with Gasteiger partial charge in [-0.3, -0.25) is 13.9 Å². The van der Waals surface area contributed by atoms with Gasteiger partial charge >= 0.3 is 0 Å². The van der Waals surface area contributed by atoms with Gasteiger partial charge in [0.05, 0.1) is 20.6 Å². The van der Waals surface area contributed by atoms with E-state index in [0.29, 0.717) is 27.1 Å². The number of carbonyl (C=O) groups is 2. The standard InChI is InChI=1S/C30H34Cl3N3O4S/c1-6-27(29(38)34-30(3,4)5)35(18-21-9-16-25(32)26(33)17-21)28(37)19-36(23-12-10-22(31)11-13-23)41(39,40)24-14-7-20(2)8-15-24/h7-17,27H,6,18-19H2,1-5H3,(H,34,38)/t27-/m1/s1. The quantitative estimate of drug-likeness (QED) is 0.263. The molecule has 41 heavy (non-hydrogen) atoms. The molecule has 3 rings (SSSR count). The molecule has 1 atom stereocenters. The average Bonchev–Trinajstić information content (AvgIpc) is 2.89. The lowest BCUT2D eigenvalue weighted by Gasteiger charge is -2.34. The Hall–Kier alpha value is -2.78. The molecule has 0 bridgehead atoms. The molecule has 0 aliphatic heterocycles. The summed E-state index contributed by atoms with van der Waals surface area (Å²) in [5.74, 6) is -0.925. The summed E-state index contributed by atoms with van der Waals surface area (Å²) in [6.07, 6.45) is 0.292. The molecule has 0 aromatic heterocycles. The number of anilines is 1. The zero-order valence-corrected chi connectivity index (χ0v) is 26.7. The second-order valence-electron chi connectivity index (χ2n) is 10.7. The third kappa shape index (κ3) is 8.61. The molecule has 3 aromatic rings. The first kappa shape index (κ1) is 32.7. The predicted octanol–water partition coefficient (Wildman–Crippen LogP) is 6.87. The van der Waals surface area contributed by atoms with Gasteiger partial charge in [0, 0.05) is 17.1 Å². The molecule has 0 spiro atoms. The first-order chi connectivity index (χ1) is 19.1. The number of sulfonamides is 1. The Morgan fingerprint density at radius 2 is 1.51 bits per heavy atom. The molecule has 2 amide bonds. The number of amides is 2. The Morgan fingerprint density at radius 3 is 2.05 bits per heavy atom. The van der Waals surface area contributed by atoms with E-state index >= 15 is 0 Å². The van der Waals surface area contributed by atoms with E-state index in [2.05, 4.69) is 5.32 Å². The van der Waals surface area contributed by atoms with Crippen molar-refractivity contribution in [2.75, 3.05) is 10.8 Å². The molecule has 1 N–H and O–H groups in total. The maximum Gasteiger partial charge on any atom is 0.264 e.